The molecule has 0 bridgehead atoms. The van der Waals surface area contributed by atoms with E-state index in [1.54, 1.807) is 6.20 Å². The molecule has 2 amide bonds. The molecule has 0 saturated heterocycles. The Morgan fingerprint density at radius 3 is 2.67 bits per heavy atom. The van der Waals surface area contributed by atoms with Gasteiger partial charge in [0.25, 0.3) is 0 Å². The second-order valence-electron chi connectivity index (χ2n) is 3.45. The lowest BCUT2D eigenvalue weighted by atomic mass is 10.1. The number of amides is 2. The van der Waals surface area contributed by atoms with Crippen LogP contribution in [-0.2, 0) is 0 Å². The van der Waals surface area contributed by atoms with Gasteiger partial charge in [0.05, 0.1) is 0 Å². The molecule has 1 aromatic carbocycles. The number of carbonyl (C=O) groups excluding carboxylic acids is 1. The monoisotopic (exact) mass is 244 g/mol. The van der Waals surface area contributed by atoms with Crippen LogP contribution in [0, 0.1) is 0 Å². The Morgan fingerprint density at radius 2 is 2.00 bits per heavy atom. The molecule has 7 nitrogen and oxygen atoms in total. The van der Waals surface area contributed by atoms with Gasteiger partial charge in [0.15, 0.2) is 5.82 Å². The van der Waals surface area contributed by atoms with Gasteiger partial charge in [-0.25, -0.2) is 31.5 Å². The number of nitrogens with two attached hydrogens (primary N) is 2. The maximum absolute atomic E-state index is 11.4. The average molecular weight is 244 g/mol. The summed E-state index contributed by atoms with van der Waals surface area (Å²) in [7, 11) is 0. The Labute approximate surface area is 103 Å². The SMILES string of the molecule is NNC(=O)N(N)c1ncncc1-c1ccccc1. The van der Waals surface area contributed by atoms with Crippen LogP contribution >= 0.6 is 0 Å². The van der Waals surface area contributed by atoms with Crippen LogP contribution in [-0.4, -0.2) is 16.0 Å². The first-order valence-corrected chi connectivity index (χ1v) is 5.15. The minimum absolute atomic E-state index is 0.277. The molecule has 0 saturated carbocycles. The summed E-state index contributed by atoms with van der Waals surface area (Å²) in [5.41, 5.74) is 3.44. The first-order valence-electron chi connectivity index (χ1n) is 5.15. The zero-order valence-electron chi connectivity index (χ0n) is 9.45. The second-order valence-corrected chi connectivity index (χ2v) is 3.45. The van der Waals surface area contributed by atoms with Crippen molar-refractivity contribution in [2.45, 2.75) is 0 Å². The third kappa shape index (κ3) is 2.26. The number of hydrazine groups is 2. The maximum Gasteiger partial charge on any atom is 0.351 e. The molecule has 7 heteroatoms. The van der Waals surface area contributed by atoms with E-state index in [1.165, 1.54) is 6.33 Å². The lowest BCUT2D eigenvalue weighted by Crippen LogP contribution is -2.48. The van der Waals surface area contributed by atoms with Gasteiger partial charge in [-0.15, -0.1) is 0 Å². The molecule has 5 N–H and O–H groups in total. The number of hydrogen-bond donors (Lipinski definition) is 3. The fourth-order valence-electron chi connectivity index (χ4n) is 1.50. The van der Waals surface area contributed by atoms with Crippen LogP contribution in [0.2, 0.25) is 0 Å². The molecule has 0 aliphatic rings. The number of benzene rings is 1. The number of hydrogen-bond acceptors (Lipinski definition) is 5. The van der Waals surface area contributed by atoms with Crippen molar-refractivity contribution in [1.29, 1.82) is 0 Å². The fourth-order valence-corrected chi connectivity index (χ4v) is 1.50. The number of nitrogens with one attached hydrogen (secondary N) is 1. The van der Waals surface area contributed by atoms with Gasteiger partial charge in [0, 0.05) is 11.8 Å². The van der Waals surface area contributed by atoms with Crippen molar-refractivity contribution in [1.82, 2.24) is 15.4 Å². The smallest absolute Gasteiger partial charge is 0.274 e. The van der Waals surface area contributed by atoms with E-state index in [9.17, 15) is 4.79 Å². The molecule has 2 rings (SSSR count). The van der Waals surface area contributed by atoms with Crippen molar-refractivity contribution < 1.29 is 4.79 Å². The Kier molecular flexibility index (Phi) is 3.46. The number of anilines is 1. The van der Waals surface area contributed by atoms with E-state index < -0.39 is 6.03 Å². The highest BCUT2D eigenvalue weighted by atomic mass is 16.2. The lowest BCUT2D eigenvalue weighted by molar-refractivity contribution is 0.246. The van der Waals surface area contributed by atoms with Gasteiger partial charge in [0.2, 0.25) is 0 Å². The van der Waals surface area contributed by atoms with Crippen LogP contribution in [0.25, 0.3) is 11.1 Å². The van der Waals surface area contributed by atoms with Crippen LogP contribution in [0.5, 0.6) is 0 Å². The van der Waals surface area contributed by atoms with E-state index in [1.807, 2.05) is 35.8 Å². The predicted octanol–water partition coefficient (Wildman–Crippen LogP) is 0.407. The van der Waals surface area contributed by atoms with Crippen molar-refractivity contribution >= 4 is 11.8 Å². The zero-order chi connectivity index (χ0) is 13.0. The standard InChI is InChI=1S/C11H12N6O/c12-16-11(18)17(13)10-9(6-14-7-15-10)8-4-2-1-3-5-8/h1-7H,12-13H2,(H,16,18). The van der Waals surface area contributed by atoms with E-state index in [4.69, 9.17) is 11.7 Å². The molecule has 0 fully saturated rings. The summed E-state index contributed by atoms with van der Waals surface area (Å²) in [6, 6.07) is 8.71. The Balaban J connectivity index is 2.47. The largest absolute Gasteiger partial charge is 0.351 e. The third-order valence-electron chi connectivity index (χ3n) is 2.35. The highest BCUT2D eigenvalue weighted by molar-refractivity contribution is 5.93. The molecule has 0 aliphatic heterocycles. The molecular formula is C11H12N6O. The Morgan fingerprint density at radius 1 is 1.28 bits per heavy atom. The molecule has 0 aliphatic carbocycles. The van der Waals surface area contributed by atoms with Gasteiger partial charge in [-0.3, -0.25) is 5.43 Å². The quantitative estimate of drug-likeness (QED) is 0.402. The number of rotatable bonds is 2. The molecule has 0 radical (unpaired) electrons. The highest BCUT2D eigenvalue weighted by Crippen LogP contribution is 2.26. The van der Waals surface area contributed by atoms with Gasteiger partial charge in [-0.2, -0.15) is 0 Å². The van der Waals surface area contributed by atoms with Crippen molar-refractivity contribution in [2.24, 2.45) is 11.7 Å². The molecular weight excluding hydrogens is 232 g/mol. The van der Waals surface area contributed by atoms with E-state index in [0.29, 0.717) is 5.56 Å². The van der Waals surface area contributed by atoms with Crippen LogP contribution in [0.1, 0.15) is 0 Å². The van der Waals surface area contributed by atoms with Crippen molar-refractivity contribution in [3.63, 3.8) is 0 Å². The lowest BCUT2D eigenvalue weighted by Gasteiger charge is -2.17. The molecule has 2 aromatic rings. The number of aromatic nitrogens is 2. The van der Waals surface area contributed by atoms with Gasteiger partial charge in [-0.05, 0) is 5.56 Å². The van der Waals surface area contributed by atoms with Gasteiger partial charge in [-0.1, -0.05) is 30.3 Å². The molecule has 18 heavy (non-hydrogen) atoms. The van der Waals surface area contributed by atoms with Crippen molar-refractivity contribution in [3.05, 3.63) is 42.9 Å². The maximum atomic E-state index is 11.4. The molecule has 92 valence electrons. The summed E-state index contributed by atoms with van der Waals surface area (Å²) in [6.45, 7) is 0. The van der Waals surface area contributed by atoms with Gasteiger partial charge < -0.3 is 0 Å². The fraction of sp³-hybridized carbons (Fsp3) is 0. The van der Waals surface area contributed by atoms with Crippen LogP contribution in [0.15, 0.2) is 42.9 Å². The van der Waals surface area contributed by atoms with Crippen LogP contribution < -0.4 is 22.1 Å². The van der Waals surface area contributed by atoms with Gasteiger partial charge in [0.1, 0.15) is 6.33 Å². The number of carbonyl (C=O) groups is 1. The predicted molar refractivity (Wildman–Crippen MR) is 66.9 cm³/mol. The molecule has 0 atom stereocenters. The molecule has 1 heterocycles. The summed E-state index contributed by atoms with van der Waals surface area (Å²) in [4.78, 5) is 19.3. The summed E-state index contributed by atoms with van der Waals surface area (Å²) < 4.78 is 0. The number of nitrogens with zero attached hydrogens (tertiary/aromatic N) is 3. The van der Waals surface area contributed by atoms with Crippen molar-refractivity contribution in [2.75, 3.05) is 5.01 Å². The summed E-state index contributed by atoms with van der Waals surface area (Å²) in [5.74, 6) is 10.9. The Bertz CT molecular complexity index is 544. The summed E-state index contributed by atoms with van der Waals surface area (Å²) in [5, 5.41) is 0.837. The minimum Gasteiger partial charge on any atom is -0.274 e. The molecule has 0 unspecified atom stereocenters. The summed E-state index contributed by atoms with van der Waals surface area (Å²) >= 11 is 0. The Hall–Kier alpha value is -2.51. The second kappa shape index (κ2) is 5.21. The third-order valence-corrected chi connectivity index (χ3v) is 2.35. The van der Waals surface area contributed by atoms with Gasteiger partial charge >= 0.3 is 6.03 Å². The summed E-state index contributed by atoms with van der Waals surface area (Å²) in [6.07, 6.45) is 2.90. The normalized spacial score (nSPS) is 9.89. The van der Waals surface area contributed by atoms with E-state index >= 15 is 0 Å². The first-order chi connectivity index (χ1) is 8.74. The van der Waals surface area contributed by atoms with E-state index in [-0.39, 0.29) is 5.82 Å². The molecule has 0 spiro atoms. The van der Waals surface area contributed by atoms with E-state index in [0.717, 1.165) is 10.6 Å². The van der Waals surface area contributed by atoms with Crippen LogP contribution in [0.3, 0.4) is 0 Å². The minimum atomic E-state index is -0.661. The molecule has 1 aromatic heterocycles. The average Bonchev–Trinajstić information content (AvgIpc) is 2.46. The zero-order valence-corrected chi connectivity index (χ0v) is 9.45. The number of urea groups is 1. The first kappa shape index (κ1) is 12.0. The van der Waals surface area contributed by atoms with Crippen molar-refractivity contribution in [3.8, 4) is 11.1 Å². The van der Waals surface area contributed by atoms with Crippen LogP contribution in [0.4, 0.5) is 10.6 Å². The topological polar surface area (TPSA) is 110 Å². The highest BCUT2D eigenvalue weighted by Gasteiger charge is 2.16. The van der Waals surface area contributed by atoms with E-state index in [2.05, 4.69) is 9.97 Å².